The molecule has 0 radical (unpaired) electrons. The third kappa shape index (κ3) is 5.47. The van der Waals surface area contributed by atoms with E-state index in [-0.39, 0.29) is 22.7 Å². The van der Waals surface area contributed by atoms with Crippen LogP contribution in [-0.4, -0.2) is 55.2 Å². The maximum Gasteiger partial charge on any atom is 0.381 e. The molecule has 166 valence electrons. The van der Waals surface area contributed by atoms with Crippen molar-refractivity contribution in [2.75, 3.05) is 37.5 Å². The lowest BCUT2D eigenvalue weighted by Crippen LogP contribution is -2.37. The SMILES string of the molecule is COc1c(N2CCC(OC)CC2)cc(C(=O)Nc2nnc(/N=C(C)/C=C\N)s2)oc1=O. The van der Waals surface area contributed by atoms with Gasteiger partial charge in [0, 0.05) is 32.0 Å². The van der Waals surface area contributed by atoms with Crippen molar-refractivity contribution in [2.24, 2.45) is 10.7 Å². The number of anilines is 2. The van der Waals surface area contributed by atoms with Crippen molar-refractivity contribution < 1.29 is 18.7 Å². The molecule has 3 heterocycles. The van der Waals surface area contributed by atoms with Crippen molar-refractivity contribution in [1.29, 1.82) is 0 Å². The van der Waals surface area contributed by atoms with Crippen LogP contribution in [0.2, 0.25) is 0 Å². The predicted octanol–water partition coefficient (Wildman–Crippen LogP) is 1.93. The van der Waals surface area contributed by atoms with Crippen LogP contribution in [0.1, 0.15) is 30.3 Å². The van der Waals surface area contributed by atoms with Crippen molar-refractivity contribution in [3.8, 4) is 5.75 Å². The summed E-state index contributed by atoms with van der Waals surface area (Å²) in [4.78, 5) is 31.3. The van der Waals surface area contributed by atoms with E-state index in [2.05, 4.69) is 20.5 Å². The molecule has 2 aromatic heterocycles. The second kappa shape index (κ2) is 10.2. The van der Waals surface area contributed by atoms with E-state index < -0.39 is 11.5 Å². The predicted molar refractivity (Wildman–Crippen MR) is 118 cm³/mol. The molecular formula is C19H24N6O5S. The Morgan fingerprint density at radius 1 is 1.39 bits per heavy atom. The van der Waals surface area contributed by atoms with Crippen LogP contribution < -0.4 is 26.3 Å². The smallest absolute Gasteiger partial charge is 0.381 e. The number of piperidine rings is 1. The molecule has 0 saturated carbocycles. The number of amides is 1. The van der Waals surface area contributed by atoms with Crippen LogP contribution in [0, 0.1) is 0 Å². The van der Waals surface area contributed by atoms with E-state index in [1.54, 1.807) is 20.1 Å². The normalized spacial score (nSPS) is 15.5. The highest BCUT2D eigenvalue weighted by Crippen LogP contribution is 2.30. The van der Waals surface area contributed by atoms with Gasteiger partial charge >= 0.3 is 5.63 Å². The van der Waals surface area contributed by atoms with Crippen molar-refractivity contribution >= 4 is 38.9 Å². The molecule has 3 rings (SSSR count). The quantitative estimate of drug-likeness (QED) is 0.607. The van der Waals surface area contributed by atoms with Crippen LogP contribution in [0.4, 0.5) is 16.0 Å². The van der Waals surface area contributed by atoms with Crippen molar-refractivity contribution in [3.63, 3.8) is 0 Å². The van der Waals surface area contributed by atoms with Gasteiger partial charge in [0.1, 0.15) is 0 Å². The van der Waals surface area contributed by atoms with Gasteiger partial charge in [0.2, 0.25) is 16.0 Å². The maximum atomic E-state index is 12.7. The Bertz CT molecular complexity index is 1040. The van der Waals surface area contributed by atoms with E-state index in [1.165, 1.54) is 19.4 Å². The number of carbonyl (C=O) groups excluding carboxylic acids is 1. The van der Waals surface area contributed by atoms with Crippen LogP contribution in [0.25, 0.3) is 0 Å². The van der Waals surface area contributed by atoms with Crippen LogP contribution in [0.5, 0.6) is 5.75 Å². The number of hydrogen-bond donors (Lipinski definition) is 2. The highest BCUT2D eigenvalue weighted by molar-refractivity contribution is 7.18. The molecule has 11 nitrogen and oxygen atoms in total. The van der Waals surface area contributed by atoms with E-state index in [0.29, 0.717) is 29.6 Å². The minimum atomic E-state index is -0.731. The molecule has 1 aliphatic rings. The number of methoxy groups -OCH3 is 2. The number of nitrogens with zero attached hydrogens (tertiary/aromatic N) is 4. The first-order chi connectivity index (χ1) is 14.9. The molecule has 0 spiro atoms. The second-order valence-electron chi connectivity index (χ2n) is 6.69. The average molecular weight is 449 g/mol. The van der Waals surface area contributed by atoms with Crippen molar-refractivity contribution in [2.45, 2.75) is 25.9 Å². The molecule has 0 aliphatic carbocycles. The molecule has 12 heteroatoms. The number of ether oxygens (including phenoxy) is 2. The van der Waals surface area contributed by atoms with Gasteiger partial charge in [-0.3, -0.25) is 10.1 Å². The zero-order valence-corrected chi connectivity index (χ0v) is 18.3. The summed E-state index contributed by atoms with van der Waals surface area (Å²) in [5.41, 5.74) is 5.74. The van der Waals surface area contributed by atoms with E-state index in [1.807, 2.05) is 4.90 Å². The van der Waals surface area contributed by atoms with Gasteiger partial charge in [-0.2, -0.15) is 0 Å². The fourth-order valence-electron chi connectivity index (χ4n) is 3.13. The zero-order valence-electron chi connectivity index (χ0n) is 17.5. The highest BCUT2D eigenvalue weighted by atomic mass is 32.1. The number of allylic oxidation sites excluding steroid dienone is 1. The first-order valence-corrected chi connectivity index (χ1v) is 10.3. The summed E-state index contributed by atoms with van der Waals surface area (Å²) in [6.07, 6.45) is 4.75. The molecule has 1 fully saturated rings. The Hall–Kier alpha value is -3.25. The number of rotatable bonds is 7. The fraction of sp³-hybridized carbons (Fsp3) is 0.421. The Morgan fingerprint density at radius 3 is 2.77 bits per heavy atom. The third-order valence-corrected chi connectivity index (χ3v) is 5.41. The number of hydrogen-bond acceptors (Lipinski definition) is 11. The van der Waals surface area contributed by atoms with Crippen LogP contribution >= 0.6 is 11.3 Å². The molecule has 1 amide bonds. The molecule has 0 unspecified atom stereocenters. The third-order valence-electron chi connectivity index (χ3n) is 4.68. The largest absolute Gasteiger partial charge is 0.488 e. The molecule has 0 atom stereocenters. The van der Waals surface area contributed by atoms with Crippen LogP contribution in [-0.2, 0) is 4.74 Å². The molecule has 1 saturated heterocycles. The summed E-state index contributed by atoms with van der Waals surface area (Å²) in [5.74, 6) is -0.724. The number of aromatic nitrogens is 2. The van der Waals surface area contributed by atoms with Gasteiger partial charge in [0.05, 0.1) is 18.9 Å². The van der Waals surface area contributed by atoms with Gasteiger partial charge in [-0.05, 0) is 32.0 Å². The van der Waals surface area contributed by atoms with E-state index >= 15 is 0 Å². The minimum Gasteiger partial charge on any atom is -0.488 e. The van der Waals surface area contributed by atoms with Gasteiger partial charge in [-0.25, -0.2) is 9.79 Å². The van der Waals surface area contributed by atoms with E-state index in [9.17, 15) is 9.59 Å². The Kier molecular flexibility index (Phi) is 7.36. The highest BCUT2D eigenvalue weighted by Gasteiger charge is 2.25. The molecule has 3 N–H and O–H groups in total. The minimum absolute atomic E-state index is 0.0587. The van der Waals surface area contributed by atoms with Gasteiger partial charge in [0.15, 0.2) is 5.76 Å². The summed E-state index contributed by atoms with van der Waals surface area (Å²) < 4.78 is 15.8. The topological polar surface area (TPSA) is 145 Å². The van der Waals surface area contributed by atoms with Crippen molar-refractivity contribution in [3.05, 3.63) is 34.5 Å². The fourth-order valence-corrected chi connectivity index (χ4v) is 3.80. The van der Waals surface area contributed by atoms with Gasteiger partial charge in [0.25, 0.3) is 5.91 Å². The number of nitrogens with one attached hydrogen (secondary N) is 1. The average Bonchev–Trinajstić information content (AvgIpc) is 3.19. The lowest BCUT2D eigenvalue weighted by molar-refractivity contribution is 0.0817. The molecule has 2 aromatic rings. The van der Waals surface area contributed by atoms with Gasteiger partial charge < -0.3 is 24.5 Å². The molecule has 31 heavy (non-hydrogen) atoms. The number of carbonyl (C=O) groups is 1. The molecule has 0 aromatic carbocycles. The number of aliphatic imine (C=N–C) groups is 1. The van der Waals surface area contributed by atoms with Crippen LogP contribution in [0.15, 0.2) is 32.5 Å². The lowest BCUT2D eigenvalue weighted by atomic mass is 10.1. The van der Waals surface area contributed by atoms with Crippen molar-refractivity contribution in [1.82, 2.24) is 10.2 Å². The summed E-state index contributed by atoms with van der Waals surface area (Å²) in [6.45, 7) is 3.08. The Morgan fingerprint density at radius 2 is 2.13 bits per heavy atom. The Labute approximate surface area is 182 Å². The number of nitrogens with two attached hydrogens (primary N) is 1. The maximum absolute atomic E-state index is 12.7. The summed E-state index contributed by atoms with van der Waals surface area (Å²) in [6, 6.07) is 1.50. The summed E-state index contributed by atoms with van der Waals surface area (Å²) in [7, 11) is 3.07. The molecule has 0 bridgehead atoms. The summed E-state index contributed by atoms with van der Waals surface area (Å²) >= 11 is 1.07. The monoisotopic (exact) mass is 448 g/mol. The molecular weight excluding hydrogens is 424 g/mol. The van der Waals surface area contributed by atoms with Gasteiger partial charge in [-0.1, -0.05) is 11.3 Å². The van der Waals surface area contributed by atoms with E-state index in [4.69, 9.17) is 19.6 Å². The summed E-state index contributed by atoms with van der Waals surface area (Å²) in [5, 5.41) is 10.9. The molecule has 1 aliphatic heterocycles. The van der Waals surface area contributed by atoms with Crippen LogP contribution in [0.3, 0.4) is 0 Å². The first kappa shape index (κ1) is 22.4. The standard InChI is InChI=1S/C19H24N6O5S/c1-11(4-7-20)21-18-23-24-19(31-18)22-16(26)14-10-13(15(29-3)17(27)30-14)25-8-5-12(28-2)6-9-25/h4,7,10,12H,5-6,8-9,20H2,1-3H3,(H,22,24,26)/b7-4-,21-11+. The second-order valence-corrected chi connectivity index (χ2v) is 7.65. The zero-order chi connectivity index (χ0) is 22.4. The van der Waals surface area contributed by atoms with E-state index in [0.717, 1.165) is 24.2 Å². The van der Waals surface area contributed by atoms with Gasteiger partial charge in [-0.15, -0.1) is 10.2 Å². The Balaban J connectivity index is 1.80. The first-order valence-electron chi connectivity index (χ1n) is 9.53. The lowest BCUT2D eigenvalue weighted by Gasteiger charge is -2.33.